The van der Waals surface area contributed by atoms with Crippen LogP contribution in [-0.4, -0.2) is 16.8 Å². The van der Waals surface area contributed by atoms with Crippen LogP contribution in [0.5, 0.6) is 0 Å². The van der Waals surface area contributed by atoms with Gasteiger partial charge >= 0.3 is 0 Å². The predicted octanol–water partition coefficient (Wildman–Crippen LogP) is 2.54. The first-order chi connectivity index (χ1) is 8.52. The summed E-state index contributed by atoms with van der Waals surface area (Å²) in [6, 6.07) is 3.97. The van der Waals surface area contributed by atoms with E-state index in [0.717, 1.165) is 28.0 Å². The molecule has 0 aromatic carbocycles. The van der Waals surface area contributed by atoms with Crippen LogP contribution in [-0.2, 0) is 20.1 Å². The van der Waals surface area contributed by atoms with Crippen molar-refractivity contribution in [2.24, 2.45) is 12.8 Å². The van der Waals surface area contributed by atoms with Gasteiger partial charge in [-0.15, -0.1) is 11.3 Å². The van der Waals surface area contributed by atoms with Crippen LogP contribution in [0.15, 0.2) is 12.1 Å². The van der Waals surface area contributed by atoms with E-state index in [0.29, 0.717) is 6.54 Å². The Kier molecular flexibility index (Phi) is 3.94. The molecule has 0 amide bonds. The molecule has 4 nitrogen and oxygen atoms in total. The van der Waals surface area contributed by atoms with Crippen molar-refractivity contribution in [3.63, 3.8) is 0 Å². The summed E-state index contributed by atoms with van der Waals surface area (Å²) in [5, 5.41) is 4.42. The number of halogens is 1. The number of hydrogen-bond acceptors (Lipinski definition) is 4. The van der Waals surface area contributed by atoms with E-state index in [9.17, 15) is 0 Å². The third kappa shape index (κ3) is 2.53. The highest BCUT2D eigenvalue weighted by Crippen LogP contribution is 2.26. The molecule has 0 bridgehead atoms. The van der Waals surface area contributed by atoms with Gasteiger partial charge in [0.1, 0.15) is 5.82 Å². The van der Waals surface area contributed by atoms with Gasteiger partial charge in [0.15, 0.2) is 0 Å². The number of nitrogens with two attached hydrogens (primary N) is 1. The van der Waals surface area contributed by atoms with Gasteiger partial charge in [-0.05, 0) is 19.1 Å². The van der Waals surface area contributed by atoms with Crippen LogP contribution in [0, 0.1) is 6.92 Å². The number of thiophene rings is 1. The first kappa shape index (κ1) is 13.4. The molecule has 2 aromatic rings. The standard InChI is InChI=1S/C12H17ClN4S/c1-8-10(6-14)12(17(3)15-8)16(2)7-9-4-5-11(13)18-9/h4-5H,6-7,14H2,1-3H3. The lowest BCUT2D eigenvalue weighted by Gasteiger charge is -2.20. The van der Waals surface area contributed by atoms with E-state index in [2.05, 4.69) is 16.1 Å². The first-order valence-corrected chi connectivity index (χ1v) is 6.90. The molecule has 98 valence electrons. The zero-order valence-corrected chi connectivity index (χ0v) is 12.3. The number of aryl methyl sites for hydroxylation is 2. The quantitative estimate of drug-likeness (QED) is 0.938. The SMILES string of the molecule is Cc1nn(C)c(N(C)Cc2ccc(Cl)s2)c1CN. The second-order valence-corrected chi connectivity index (χ2v) is 6.08. The van der Waals surface area contributed by atoms with E-state index in [1.807, 2.05) is 31.8 Å². The molecule has 0 spiro atoms. The molecule has 2 N–H and O–H groups in total. The van der Waals surface area contributed by atoms with Crippen molar-refractivity contribution in [3.8, 4) is 0 Å². The molecule has 0 aliphatic carbocycles. The largest absolute Gasteiger partial charge is 0.354 e. The van der Waals surface area contributed by atoms with Gasteiger partial charge in [-0.2, -0.15) is 5.10 Å². The summed E-state index contributed by atoms with van der Waals surface area (Å²) in [6.07, 6.45) is 0. The number of aromatic nitrogens is 2. The van der Waals surface area contributed by atoms with Gasteiger partial charge in [-0.1, -0.05) is 11.6 Å². The molecule has 18 heavy (non-hydrogen) atoms. The summed E-state index contributed by atoms with van der Waals surface area (Å²) >= 11 is 7.55. The zero-order chi connectivity index (χ0) is 13.3. The average molecular weight is 285 g/mol. The molecular formula is C12H17ClN4S. The number of nitrogens with zero attached hydrogens (tertiary/aromatic N) is 3. The molecule has 0 saturated heterocycles. The summed E-state index contributed by atoms with van der Waals surface area (Å²) in [6.45, 7) is 3.30. The van der Waals surface area contributed by atoms with E-state index in [1.165, 1.54) is 4.88 Å². The maximum absolute atomic E-state index is 5.95. The molecule has 0 aliphatic heterocycles. The Morgan fingerprint density at radius 2 is 2.22 bits per heavy atom. The second-order valence-electron chi connectivity index (χ2n) is 4.28. The molecule has 0 unspecified atom stereocenters. The average Bonchev–Trinajstić information content (AvgIpc) is 2.82. The molecule has 0 saturated carbocycles. The Hall–Kier alpha value is -1.04. The van der Waals surface area contributed by atoms with Crippen molar-refractivity contribution >= 4 is 28.8 Å². The van der Waals surface area contributed by atoms with Gasteiger partial charge in [-0.3, -0.25) is 4.68 Å². The maximum atomic E-state index is 5.95. The summed E-state index contributed by atoms with van der Waals surface area (Å²) in [5.74, 6) is 1.07. The van der Waals surface area contributed by atoms with Gasteiger partial charge in [-0.25, -0.2) is 0 Å². The Morgan fingerprint density at radius 1 is 1.50 bits per heavy atom. The molecule has 2 aromatic heterocycles. The smallest absolute Gasteiger partial charge is 0.131 e. The van der Waals surface area contributed by atoms with Gasteiger partial charge in [0.05, 0.1) is 16.6 Å². The summed E-state index contributed by atoms with van der Waals surface area (Å²) in [5.41, 5.74) is 7.89. The van der Waals surface area contributed by atoms with Crippen LogP contribution in [0.25, 0.3) is 0 Å². The Balaban J connectivity index is 2.25. The van der Waals surface area contributed by atoms with Gasteiger partial charge in [0.25, 0.3) is 0 Å². The fourth-order valence-electron chi connectivity index (χ4n) is 2.15. The van der Waals surface area contributed by atoms with Crippen molar-refractivity contribution in [2.45, 2.75) is 20.0 Å². The highest BCUT2D eigenvalue weighted by molar-refractivity contribution is 7.16. The lowest BCUT2D eigenvalue weighted by atomic mass is 10.2. The summed E-state index contributed by atoms with van der Waals surface area (Å²) < 4.78 is 2.70. The van der Waals surface area contributed by atoms with Gasteiger partial charge in [0.2, 0.25) is 0 Å². The van der Waals surface area contributed by atoms with E-state index < -0.39 is 0 Å². The van der Waals surface area contributed by atoms with Crippen molar-refractivity contribution in [1.82, 2.24) is 9.78 Å². The minimum atomic E-state index is 0.505. The van der Waals surface area contributed by atoms with Crippen LogP contribution in [0.3, 0.4) is 0 Å². The topological polar surface area (TPSA) is 47.1 Å². The zero-order valence-electron chi connectivity index (χ0n) is 10.8. The normalized spacial score (nSPS) is 10.9. The van der Waals surface area contributed by atoms with E-state index in [4.69, 9.17) is 17.3 Å². The minimum Gasteiger partial charge on any atom is -0.354 e. The van der Waals surface area contributed by atoms with Crippen LogP contribution in [0.1, 0.15) is 16.1 Å². The van der Waals surface area contributed by atoms with Crippen molar-refractivity contribution in [3.05, 3.63) is 32.6 Å². The third-order valence-corrected chi connectivity index (χ3v) is 4.12. The lowest BCUT2D eigenvalue weighted by molar-refractivity contribution is 0.727. The number of hydrogen-bond donors (Lipinski definition) is 1. The second kappa shape index (κ2) is 5.30. The molecule has 0 atom stereocenters. The van der Waals surface area contributed by atoms with Gasteiger partial charge in [0, 0.05) is 31.1 Å². The highest BCUT2D eigenvalue weighted by atomic mass is 35.5. The molecular weight excluding hydrogens is 268 g/mol. The minimum absolute atomic E-state index is 0.505. The molecule has 0 aliphatic rings. The fourth-order valence-corrected chi connectivity index (χ4v) is 3.29. The highest BCUT2D eigenvalue weighted by Gasteiger charge is 2.16. The lowest BCUT2D eigenvalue weighted by Crippen LogP contribution is -2.20. The van der Waals surface area contributed by atoms with Crippen LogP contribution >= 0.6 is 22.9 Å². The van der Waals surface area contributed by atoms with Crippen molar-refractivity contribution in [1.29, 1.82) is 0 Å². The fraction of sp³-hybridized carbons (Fsp3) is 0.417. The molecule has 2 heterocycles. The third-order valence-electron chi connectivity index (χ3n) is 2.90. The molecule has 2 rings (SSSR count). The summed E-state index contributed by atoms with van der Waals surface area (Å²) in [4.78, 5) is 3.38. The van der Waals surface area contributed by atoms with Crippen molar-refractivity contribution in [2.75, 3.05) is 11.9 Å². The van der Waals surface area contributed by atoms with Crippen LogP contribution in [0.2, 0.25) is 4.34 Å². The number of rotatable bonds is 4. The molecule has 0 radical (unpaired) electrons. The number of anilines is 1. The Labute approximate surface area is 116 Å². The predicted molar refractivity (Wildman–Crippen MR) is 77.3 cm³/mol. The van der Waals surface area contributed by atoms with E-state index >= 15 is 0 Å². The summed E-state index contributed by atoms with van der Waals surface area (Å²) in [7, 11) is 3.99. The monoisotopic (exact) mass is 284 g/mol. The Morgan fingerprint density at radius 3 is 2.78 bits per heavy atom. The van der Waals surface area contributed by atoms with E-state index in [-0.39, 0.29) is 0 Å². The Bertz CT molecular complexity index is 546. The van der Waals surface area contributed by atoms with Crippen LogP contribution in [0.4, 0.5) is 5.82 Å². The van der Waals surface area contributed by atoms with E-state index in [1.54, 1.807) is 11.3 Å². The maximum Gasteiger partial charge on any atom is 0.131 e. The van der Waals surface area contributed by atoms with Gasteiger partial charge < -0.3 is 10.6 Å². The van der Waals surface area contributed by atoms with Crippen LogP contribution < -0.4 is 10.6 Å². The van der Waals surface area contributed by atoms with Crippen molar-refractivity contribution < 1.29 is 0 Å². The molecule has 6 heteroatoms. The first-order valence-electron chi connectivity index (χ1n) is 5.70. The molecule has 0 fully saturated rings.